The fourth-order valence-corrected chi connectivity index (χ4v) is 4.54. The third-order valence-electron chi connectivity index (χ3n) is 4.65. The van der Waals surface area contributed by atoms with Crippen molar-refractivity contribution in [3.05, 3.63) is 54.4 Å². The Bertz CT molecular complexity index is 894. The molecule has 0 amide bonds. The molecule has 0 bridgehead atoms. The van der Waals surface area contributed by atoms with E-state index >= 15 is 0 Å². The topological polar surface area (TPSA) is 85.8 Å². The van der Waals surface area contributed by atoms with Gasteiger partial charge in [-0.2, -0.15) is 4.31 Å². The van der Waals surface area contributed by atoms with E-state index in [0.717, 1.165) is 11.3 Å². The number of hydrogen-bond acceptors (Lipinski definition) is 6. The van der Waals surface area contributed by atoms with Gasteiger partial charge in [-0.15, -0.1) is 0 Å². The molecule has 1 aromatic carbocycles. The summed E-state index contributed by atoms with van der Waals surface area (Å²) in [6.07, 6.45) is 3.75. The predicted molar refractivity (Wildman–Crippen MR) is 103 cm³/mol. The van der Waals surface area contributed by atoms with Crippen molar-refractivity contribution in [1.29, 1.82) is 0 Å². The van der Waals surface area contributed by atoms with Crippen molar-refractivity contribution in [2.45, 2.75) is 24.7 Å². The summed E-state index contributed by atoms with van der Waals surface area (Å²) in [7, 11) is -3.57. The second-order valence-corrected chi connectivity index (χ2v) is 8.64. The number of nitrogens with zero attached hydrogens (tertiary/aromatic N) is 2. The van der Waals surface area contributed by atoms with Crippen molar-refractivity contribution in [2.24, 2.45) is 5.92 Å². The molecule has 0 unspecified atom stereocenters. The van der Waals surface area contributed by atoms with E-state index in [1.165, 1.54) is 22.8 Å². The highest BCUT2D eigenvalue weighted by Crippen LogP contribution is 2.24. The number of rotatable bonds is 7. The highest BCUT2D eigenvalue weighted by atomic mass is 32.2. The Balaban J connectivity index is 1.42. The van der Waals surface area contributed by atoms with Crippen LogP contribution in [-0.4, -0.2) is 50.0 Å². The van der Waals surface area contributed by atoms with E-state index in [0.29, 0.717) is 12.8 Å². The second-order valence-electron chi connectivity index (χ2n) is 6.70. The number of aromatic nitrogens is 1. The molecule has 0 radical (unpaired) electrons. The van der Waals surface area contributed by atoms with Crippen LogP contribution in [0, 0.1) is 12.8 Å². The molecule has 28 heavy (non-hydrogen) atoms. The van der Waals surface area contributed by atoms with Gasteiger partial charge >= 0.3 is 5.97 Å². The predicted octanol–water partition coefficient (Wildman–Crippen LogP) is 2.41. The van der Waals surface area contributed by atoms with E-state index < -0.39 is 10.0 Å². The van der Waals surface area contributed by atoms with Crippen LogP contribution in [0.1, 0.15) is 18.4 Å². The van der Waals surface area contributed by atoms with Crippen molar-refractivity contribution in [2.75, 3.05) is 26.3 Å². The lowest BCUT2D eigenvalue weighted by Gasteiger charge is -2.30. The summed E-state index contributed by atoms with van der Waals surface area (Å²) in [5, 5.41) is 0. The van der Waals surface area contributed by atoms with Crippen molar-refractivity contribution >= 4 is 16.0 Å². The van der Waals surface area contributed by atoms with Crippen LogP contribution in [0.2, 0.25) is 0 Å². The highest BCUT2D eigenvalue weighted by molar-refractivity contribution is 7.89. The molecule has 0 saturated carbocycles. The average molecular weight is 404 g/mol. The van der Waals surface area contributed by atoms with E-state index in [2.05, 4.69) is 4.98 Å². The number of sulfonamides is 1. The normalized spacial score (nSPS) is 15.9. The first-order chi connectivity index (χ1) is 13.5. The molecular formula is C20H24N2O5S. The number of hydrogen-bond donors (Lipinski definition) is 0. The van der Waals surface area contributed by atoms with E-state index in [-0.39, 0.29) is 43.1 Å². The molecule has 1 aromatic heterocycles. The summed E-state index contributed by atoms with van der Waals surface area (Å²) in [5.41, 5.74) is 1.10. The van der Waals surface area contributed by atoms with Crippen LogP contribution < -0.4 is 4.74 Å². The van der Waals surface area contributed by atoms with Gasteiger partial charge in [0.2, 0.25) is 10.0 Å². The number of esters is 1. The number of carbonyl (C=O) groups excluding carboxylic acids is 1. The Kier molecular flexibility index (Phi) is 6.64. The van der Waals surface area contributed by atoms with Crippen LogP contribution in [0.5, 0.6) is 5.75 Å². The van der Waals surface area contributed by atoms with Gasteiger partial charge in [-0.1, -0.05) is 12.1 Å². The molecule has 1 aliphatic heterocycles. The average Bonchev–Trinajstić information content (AvgIpc) is 2.72. The Morgan fingerprint density at radius 2 is 1.96 bits per heavy atom. The molecule has 0 aliphatic carbocycles. The molecule has 7 nitrogen and oxygen atoms in total. The lowest BCUT2D eigenvalue weighted by Crippen LogP contribution is -2.40. The maximum atomic E-state index is 12.6. The smallest absolute Gasteiger partial charge is 0.309 e. The number of pyridine rings is 1. The minimum atomic E-state index is -3.57. The molecule has 1 saturated heterocycles. The molecule has 1 aliphatic rings. The Morgan fingerprint density at radius 1 is 1.18 bits per heavy atom. The summed E-state index contributed by atoms with van der Waals surface area (Å²) in [6.45, 7) is 3.01. The number of aryl methyl sites for hydroxylation is 1. The van der Waals surface area contributed by atoms with Gasteiger partial charge in [-0.3, -0.25) is 9.78 Å². The fourth-order valence-electron chi connectivity index (χ4n) is 3.11. The minimum Gasteiger partial charge on any atom is -0.490 e. The SMILES string of the molecule is Cc1cccc(OCCOC(=O)C2CCN(S(=O)(=O)c3cccnc3)CC2)c1. The monoisotopic (exact) mass is 404 g/mol. The maximum Gasteiger partial charge on any atom is 0.309 e. The van der Waals surface area contributed by atoms with Crippen LogP contribution in [-0.2, 0) is 19.6 Å². The lowest BCUT2D eigenvalue weighted by atomic mass is 9.98. The second kappa shape index (κ2) is 9.16. The van der Waals surface area contributed by atoms with Crippen LogP contribution in [0.3, 0.4) is 0 Å². The molecule has 3 rings (SSSR count). The van der Waals surface area contributed by atoms with Gasteiger partial charge in [0.15, 0.2) is 0 Å². The summed E-state index contributed by atoms with van der Waals surface area (Å²) < 4.78 is 37.4. The van der Waals surface area contributed by atoms with Gasteiger partial charge in [0, 0.05) is 25.5 Å². The van der Waals surface area contributed by atoms with Crippen molar-refractivity contribution in [3.63, 3.8) is 0 Å². The van der Waals surface area contributed by atoms with Gasteiger partial charge in [-0.25, -0.2) is 8.42 Å². The zero-order valence-electron chi connectivity index (χ0n) is 15.8. The van der Waals surface area contributed by atoms with Crippen molar-refractivity contribution < 1.29 is 22.7 Å². The Morgan fingerprint density at radius 3 is 2.64 bits per heavy atom. The zero-order valence-corrected chi connectivity index (χ0v) is 16.6. The molecule has 2 heterocycles. The fraction of sp³-hybridized carbons (Fsp3) is 0.400. The summed E-state index contributed by atoms with van der Waals surface area (Å²) >= 11 is 0. The van der Waals surface area contributed by atoms with Gasteiger partial charge in [0.1, 0.15) is 23.9 Å². The number of carbonyl (C=O) groups is 1. The van der Waals surface area contributed by atoms with Gasteiger partial charge in [0.25, 0.3) is 0 Å². The van der Waals surface area contributed by atoms with Gasteiger partial charge < -0.3 is 9.47 Å². The van der Waals surface area contributed by atoms with Gasteiger partial charge in [0.05, 0.1) is 5.92 Å². The minimum absolute atomic E-state index is 0.168. The first kappa shape index (κ1) is 20.3. The van der Waals surface area contributed by atoms with E-state index in [1.54, 1.807) is 6.07 Å². The standard InChI is InChI=1S/C20H24N2O5S/c1-16-4-2-5-18(14-16)26-12-13-27-20(23)17-7-10-22(11-8-17)28(24,25)19-6-3-9-21-15-19/h2-6,9,14-15,17H,7-8,10-13H2,1H3. The highest BCUT2D eigenvalue weighted by Gasteiger charge is 2.32. The van der Waals surface area contributed by atoms with Crippen LogP contribution in [0.25, 0.3) is 0 Å². The summed E-state index contributed by atoms with van der Waals surface area (Å²) in [6, 6.07) is 10.8. The van der Waals surface area contributed by atoms with Crippen molar-refractivity contribution in [3.8, 4) is 5.75 Å². The van der Waals surface area contributed by atoms with E-state index in [1.807, 2.05) is 31.2 Å². The third kappa shape index (κ3) is 5.08. The van der Waals surface area contributed by atoms with E-state index in [4.69, 9.17) is 9.47 Å². The van der Waals surface area contributed by atoms with Crippen molar-refractivity contribution in [1.82, 2.24) is 9.29 Å². The largest absolute Gasteiger partial charge is 0.490 e. The van der Waals surface area contributed by atoms with Crippen LogP contribution >= 0.6 is 0 Å². The quantitative estimate of drug-likeness (QED) is 0.520. The molecule has 8 heteroatoms. The lowest BCUT2D eigenvalue weighted by molar-refractivity contribution is -0.150. The molecular weight excluding hydrogens is 380 g/mol. The summed E-state index contributed by atoms with van der Waals surface area (Å²) in [4.78, 5) is 16.3. The zero-order chi connectivity index (χ0) is 20.0. The third-order valence-corrected chi connectivity index (χ3v) is 6.53. The first-order valence-electron chi connectivity index (χ1n) is 9.23. The molecule has 2 aromatic rings. The Labute approximate surface area is 165 Å². The number of piperidine rings is 1. The number of benzene rings is 1. The van der Waals surface area contributed by atoms with E-state index in [9.17, 15) is 13.2 Å². The molecule has 1 fully saturated rings. The Hall–Kier alpha value is -2.45. The molecule has 0 spiro atoms. The molecule has 150 valence electrons. The van der Waals surface area contributed by atoms with Gasteiger partial charge in [-0.05, 0) is 49.6 Å². The number of ether oxygens (including phenoxy) is 2. The van der Waals surface area contributed by atoms with Crippen LogP contribution in [0.4, 0.5) is 0 Å². The van der Waals surface area contributed by atoms with Crippen LogP contribution in [0.15, 0.2) is 53.7 Å². The first-order valence-corrected chi connectivity index (χ1v) is 10.7. The summed E-state index contributed by atoms with van der Waals surface area (Å²) in [5.74, 6) is 0.149. The molecule has 0 N–H and O–H groups in total. The maximum absolute atomic E-state index is 12.6. The molecule has 0 atom stereocenters.